The molecule has 1 heteroatoms. The minimum atomic E-state index is 1.32. The van der Waals surface area contributed by atoms with Crippen LogP contribution in [0.2, 0.25) is 0 Å². The molecule has 0 aliphatic rings. The summed E-state index contributed by atoms with van der Waals surface area (Å²) in [7, 11) is 0. The Morgan fingerprint density at radius 1 is 0.600 bits per heavy atom. The first kappa shape index (κ1) is 12.2. The van der Waals surface area contributed by atoms with Crippen molar-refractivity contribution < 1.29 is 0 Å². The first-order valence-corrected chi connectivity index (χ1v) is 7.83. The largest absolute Gasteiger partial charge is 0.0616 e. The zero-order valence-corrected chi connectivity index (χ0v) is 13.3. The Morgan fingerprint density at radius 2 is 1.10 bits per heavy atom. The highest BCUT2D eigenvalue weighted by Crippen LogP contribution is 2.35. The smallest absolute Gasteiger partial charge is 0.0215 e. The molecule has 4 aromatic carbocycles. The van der Waals surface area contributed by atoms with Gasteiger partial charge in [-0.1, -0.05) is 54.6 Å². The molecule has 0 aromatic heterocycles. The Bertz CT molecular complexity index is 886. The van der Waals surface area contributed by atoms with Gasteiger partial charge in [0, 0.05) is 3.57 Å². The first-order chi connectivity index (χ1) is 9.75. The summed E-state index contributed by atoms with van der Waals surface area (Å²) in [5.74, 6) is 0. The molecule has 0 saturated heterocycles. The van der Waals surface area contributed by atoms with E-state index in [0.29, 0.717) is 0 Å². The predicted octanol–water partition coefficient (Wildman–Crippen LogP) is 6.06. The first-order valence-electron chi connectivity index (χ1n) is 6.75. The lowest BCUT2D eigenvalue weighted by molar-refractivity contribution is 1.56. The van der Waals surface area contributed by atoms with Crippen LogP contribution in [0.15, 0.2) is 60.7 Å². The molecule has 0 aliphatic heterocycles. The van der Waals surface area contributed by atoms with Crippen molar-refractivity contribution in [1.29, 1.82) is 0 Å². The van der Waals surface area contributed by atoms with E-state index >= 15 is 0 Å². The van der Waals surface area contributed by atoms with Crippen molar-refractivity contribution in [3.05, 3.63) is 69.8 Å². The second kappa shape index (κ2) is 4.45. The monoisotopic (exact) mass is 368 g/mol. The second-order valence-electron chi connectivity index (χ2n) is 5.24. The number of fused-ring (bicyclic) bond motifs is 5. The van der Waals surface area contributed by atoms with Crippen LogP contribution in [0.25, 0.3) is 32.3 Å². The van der Waals surface area contributed by atoms with E-state index in [-0.39, 0.29) is 0 Å². The van der Waals surface area contributed by atoms with Crippen LogP contribution in [-0.2, 0) is 0 Å². The molecular weight excluding hydrogens is 355 g/mol. The molecule has 4 rings (SSSR count). The molecule has 0 radical (unpaired) electrons. The molecule has 0 nitrogen and oxygen atoms in total. The molecule has 0 atom stereocenters. The van der Waals surface area contributed by atoms with Crippen molar-refractivity contribution in [2.75, 3.05) is 0 Å². The molecule has 0 spiro atoms. The summed E-state index contributed by atoms with van der Waals surface area (Å²) in [5.41, 5.74) is 1.35. The van der Waals surface area contributed by atoms with Crippen molar-refractivity contribution in [2.45, 2.75) is 6.92 Å². The highest BCUT2D eigenvalue weighted by atomic mass is 127. The van der Waals surface area contributed by atoms with Crippen LogP contribution >= 0.6 is 22.6 Å². The van der Waals surface area contributed by atoms with Crippen LogP contribution in [0.4, 0.5) is 0 Å². The lowest BCUT2D eigenvalue weighted by Crippen LogP contribution is -1.86. The summed E-state index contributed by atoms with van der Waals surface area (Å²) in [6.07, 6.45) is 0. The maximum atomic E-state index is 2.45. The van der Waals surface area contributed by atoms with Crippen LogP contribution in [-0.4, -0.2) is 0 Å². The molecule has 0 heterocycles. The van der Waals surface area contributed by atoms with Gasteiger partial charge >= 0.3 is 0 Å². The summed E-state index contributed by atoms with van der Waals surface area (Å²) in [6.45, 7) is 2.20. The number of halogens is 1. The standard InChI is InChI=1S/C19H13I/c1-12-10-17-15-8-4-5-9-16(15)19(20)11-18(17)14-7-3-2-6-13(12)14/h2-11H,1H3. The second-order valence-corrected chi connectivity index (χ2v) is 6.40. The summed E-state index contributed by atoms with van der Waals surface area (Å²) in [6, 6.07) is 22.0. The normalized spacial score (nSPS) is 11.5. The van der Waals surface area contributed by atoms with Gasteiger partial charge in [0.25, 0.3) is 0 Å². The highest BCUT2D eigenvalue weighted by molar-refractivity contribution is 14.1. The van der Waals surface area contributed by atoms with Crippen molar-refractivity contribution in [1.82, 2.24) is 0 Å². The Labute approximate surface area is 131 Å². The summed E-state index contributed by atoms with van der Waals surface area (Å²) >= 11 is 2.45. The molecule has 96 valence electrons. The number of benzene rings is 4. The van der Waals surface area contributed by atoms with E-state index in [4.69, 9.17) is 0 Å². The number of rotatable bonds is 0. The average molecular weight is 368 g/mol. The van der Waals surface area contributed by atoms with Gasteiger partial charge in [-0.15, -0.1) is 0 Å². The molecule has 0 N–H and O–H groups in total. The van der Waals surface area contributed by atoms with E-state index in [2.05, 4.69) is 90.2 Å². The third-order valence-corrected chi connectivity index (χ3v) is 4.93. The van der Waals surface area contributed by atoms with Crippen molar-refractivity contribution in [2.24, 2.45) is 0 Å². The van der Waals surface area contributed by atoms with Crippen molar-refractivity contribution in [3.63, 3.8) is 0 Å². The topological polar surface area (TPSA) is 0 Å². The van der Waals surface area contributed by atoms with Crippen molar-refractivity contribution in [3.8, 4) is 0 Å². The molecule has 0 amide bonds. The summed E-state index contributed by atoms with van der Waals surface area (Å²) in [5, 5.41) is 8.11. The zero-order chi connectivity index (χ0) is 13.7. The number of hydrogen-bond donors (Lipinski definition) is 0. The molecule has 4 aromatic rings. The fraction of sp³-hybridized carbons (Fsp3) is 0.0526. The zero-order valence-electron chi connectivity index (χ0n) is 11.2. The fourth-order valence-electron chi connectivity index (χ4n) is 3.09. The van der Waals surface area contributed by atoms with Gasteiger partial charge < -0.3 is 0 Å². The van der Waals surface area contributed by atoms with Crippen LogP contribution in [0, 0.1) is 10.5 Å². The Balaban J connectivity index is 2.36. The third-order valence-electron chi connectivity index (χ3n) is 4.04. The van der Waals surface area contributed by atoms with E-state index in [9.17, 15) is 0 Å². The van der Waals surface area contributed by atoms with Crippen LogP contribution in [0.1, 0.15) is 5.56 Å². The van der Waals surface area contributed by atoms with E-state index in [1.54, 1.807) is 0 Å². The highest BCUT2D eigenvalue weighted by Gasteiger charge is 2.09. The third kappa shape index (κ3) is 1.66. The molecule has 0 aliphatic carbocycles. The van der Waals surface area contributed by atoms with Gasteiger partial charge in [-0.2, -0.15) is 0 Å². The van der Waals surface area contributed by atoms with Gasteiger partial charge in [-0.3, -0.25) is 0 Å². The van der Waals surface area contributed by atoms with Gasteiger partial charge in [-0.05, 0) is 73.5 Å². The maximum absolute atomic E-state index is 2.45. The lowest BCUT2D eigenvalue weighted by atomic mass is 9.94. The van der Waals surface area contributed by atoms with Gasteiger partial charge in [0.1, 0.15) is 0 Å². The molecule has 0 unspecified atom stereocenters. The van der Waals surface area contributed by atoms with E-state index in [1.165, 1.54) is 41.5 Å². The van der Waals surface area contributed by atoms with Crippen LogP contribution in [0.3, 0.4) is 0 Å². The molecule has 0 fully saturated rings. The van der Waals surface area contributed by atoms with Gasteiger partial charge in [0.2, 0.25) is 0 Å². The molecule has 0 bridgehead atoms. The van der Waals surface area contributed by atoms with E-state index in [0.717, 1.165) is 0 Å². The number of hydrogen-bond acceptors (Lipinski definition) is 0. The SMILES string of the molecule is Cc1cc2c3ccccc3c(I)cc2c2ccccc12. The molecule has 20 heavy (non-hydrogen) atoms. The van der Waals surface area contributed by atoms with Gasteiger partial charge in [0.05, 0.1) is 0 Å². The fourth-order valence-corrected chi connectivity index (χ4v) is 3.87. The summed E-state index contributed by atoms with van der Waals surface area (Å²) in [4.78, 5) is 0. The quantitative estimate of drug-likeness (QED) is 0.261. The maximum Gasteiger partial charge on any atom is 0.0215 e. The van der Waals surface area contributed by atoms with Crippen LogP contribution in [0.5, 0.6) is 0 Å². The van der Waals surface area contributed by atoms with Gasteiger partial charge in [0.15, 0.2) is 0 Å². The van der Waals surface area contributed by atoms with Gasteiger partial charge in [-0.25, -0.2) is 0 Å². The minimum Gasteiger partial charge on any atom is -0.0616 e. The summed E-state index contributed by atoms with van der Waals surface area (Å²) < 4.78 is 1.32. The Morgan fingerprint density at radius 3 is 1.80 bits per heavy atom. The number of aryl methyl sites for hydroxylation is 1. The lowest BCUT2D eigenvalue weighted by Gasteiger charge is -2.11. The Kier molecular flexibility index (Phi) is 2.71. The predicted molar refractivity (Wildman–Crippen MR) is 96.4 cm³/mol. The van der Waals surface area contributed by atoms with E-state index in [1.807, 2.05) is 0 Å². The minimum absolute atomic E-state index is 1.32. The van der Waals surface area contributed by atoms with E-state index < -0.39 is 0 Å². The van der Waals surface area contributed by atoms with Crippen molar-refractivity contribution >= 4 is 54.9 Å². The molecule has 0 saturated carbocycles. The average Bonchev–Trinajstić information content (AvgIpc) is 2.49. The van der Waals surface area contributed by atoms with Crippen LogP contribution < -0.4 is 0 Å². The molecular formula is C19H13I. The Hall–Kier alpha value is -1.61.